The van der Waals surface area contributed by atoms with Gasteiger partial charge in [-0.3, -0.25) is 0 Å². The van der Waals surface area contributed by atoms with Crippen LogP contribution in [0, 0.1) is 0 Å². The van der Waals surface area contributed by atoms with Crippen LogP contribution >= 0.6 is 0 Å². The van der Waals surface area contributed by atoms with E-state index < -0.39 is 0 Å². The lowest BCUT2D eigenvalue weighted by atomic mass is 10.1. The van der Waals surface area contributed by atoms with Crippen molar-refractivity contribution in [2.75, 3.05) is 6.61 Å². The SMILES string of the molecule is C/C(=C\CCc1ccco1)CCCO. The van der Waals surface area contributed by atoms with Crippen LogP contribution in [0.25, 0.3) is 0 Å². The molecule has 1 heterocycles. The van der Waals surface area contributed by atoms with Crippen molar-refractivity contribution >= 4 is 0 Å². The topological polar surface area (TPSA) is 33.4 Å². The standard InChI is InChI=1S/C12H18O2/c1-11(6-3-9-13)5-2-7-12-8-4-10-14-12/h4-5,8,10,13H,2-3,6-7,9H2,1H3/b11-5+. The fourth-order valence-electron chi connectivity index (χ4n) is 1.38. The lowest BCUT2D eigenvalue weighted by molar-refractivity contribution is 0.288. The molecule has 1 rings (SSSR count). The van der Waals surface area contributed by atoms with Gasteiger partial charge < -0.3 is 9.52 Å². The molecule has 2 nitrogen and oxygen atoms in total. The van der Waals surface area contributed by atoms with Gasteiger partial charge in [-0.25, -0.2) is 0 Å². The van der Waals surface area contributed by atoms with Gasteiger partial charge >= 0.3 is 0 Å². The fraction of sp³-hybridized carbons (Fsp3) is 0.500. The van der Waals surface area contributed by atoms with Crippen LogP contribution in [0.5, 0.6) is 0 Å². The molecular weight excluding hydrogens is 176 g/mol. The van der Waals surface area contributed by atoms with Gasteiger partial charge in [0.15, 0.2) is 0 Å². The molecule has 0 saturated carbocycles. The molecule has 78 valence electrons. The fourth-order valence-corrected chi connectivity index (χ4v) is 1.38. The first-order valence-electron chi connectivity index (χ1n) is 5.12. The summed E-state index contributed by atoms with van der Waals surface area (Å²) < 4.78 is 5.23. The van der Waals surface area contributed by atoms with Crippen molar-refractivity contribution in [1.82, 2.24) is 0 Å². The van der Waals surface area contributed by atoms with Gasteiger partial charge in [-0.2, -0.15) is 0 Å². The van der Waals surface area contributed by atoms with Crippen LogP contribution in [0.4, 0.5) is 0 Å². The average molecular weight is 194 g/mol. The molecule has 0 fully saturated rings. The summed E-state index contributed by atoms with van der Waals surface area (Å²) in [6.07, 6.45) is 7.77. The number of aryl methyl sites for hydroxylation is 1. The van der Waals surface area contributed by atoms with E-state index >= 15 is 0 Å². The molecule has 0 bridgehead atoms. The summed E-state index contributed by atoms with van der Waals surface area (Å²) in [5, 5.41) is 8.65. The highest BCUT2D eigenvalue weighted by Crippen LogP contribution is 2.08. The van der Waals surface area contributed by atoms with Gasteiger partial charge in [0.2, 0.25) is 0 Å². The highest BCUT2D eigenvalue weighted by atomic mass is 16.3. The normalized spacial score (nSPS) is 12.0. The highest BCUT2D eigenvalue weighted by molar-refractivity contribution is 5.03. The number of furan rings is 1. The van der Waals surface area contributed by atoms with E-state index in [0.29, 0.717) is 0 Å². The molecule has 1 aromatic rings. The van der Waals surface area contributed by atoms with E-state index in [2.05, 4.69) is 13.0 Å². The molecule has 0 aromatic carbocycles. The average Bonchev–Trinajstić information content (AvgIpc) is 2.67. The van der Waals surface area contributed by atoms with E-state index in [4.69, 9.17) is 9.52 Å². The van der Waals surface area contributed by atoms with Crippen LogP contribution in [0.2, 0.25) is 0 Å². The Morgan fingerprint density at radius 1 is 1.57 bits per heavy atom. The summed E-state index contributed by atoms with van der Waals surface area (Å²) in [6.45, 7) is 2.39. The van der Waals surface area contributed by atoms with E-state index in [0.717, 1.165) is 31.4 Å². The molecule has 0 aliphatic heterocycles. The number of rotatable bonds is 6. The Balaban J connectivity index is 2.19. The van der Waals surface area contributed by atoms with Gasteiger partial charge in [-0.1, -0.05) is 11.6 Å². The molecule has 1 aromatic heterocycles. The van der Waals surface area contributed by atoms with E-state index in [1.54, 1.807) is 6.26 Å². The Bertz CT molecular complexity index is 260. The molecule has 0 atom stereocenters. The molecular formula is C12H18O2. The van der Waals surface area contributed by atoms with Gasteiger partial charge in [0, 0.05) is 13.0 Å². The summed E-state index contributed by atoms with van der Waals surface area (Å²) in [5.74, 6) is 1.04. The van der Waals surface area contributed by atoms with Crippen LogP contribution in [-0.4, -0.2) is 11.7 Å². The zero-order valence-electron chi connectivity index (χ0n) is 8.70. The van der Waals surface area contributed by atoms with Crippen LogP contribution < -0.4 is 0 Å². The van der Waals surface area contributed by atoms with Crippen LogP contribution in [0.3, 0.4) is 0 Å². The van der Waals surface area contributed by atoms with E-state index in [1.165, 1.54) is 5.57 Å². The number of allylic oxidation sites excluding steroid dienone is 2. The Labute approximate surface area is 85.2 Å². The van der Waals surface area contributed by atoms with Crippen LogP contribution in [0.1, 0.15) is 31.9 Å². The van der Waals surface area contributed by atoms with Crippen LogP contribution in [0.15, 0.2) is 34.5 Å². The van der Waals surface area contributed by atoms with Crippen molar-refractivity contribution in [3.05, 3.63) is 35.8 Å². The van der Waals surface area contributed by atoms with Gasteiger partial charge in [0.1, 0.15) is 5.76 Å². The number of aliphatic hydroxyl groups excluding tert-OH is 1. The Morgan fingerprint density at radius 2 is 2.43 bits per heavy atom. The lowest BCUT2D eigenvalue weighted by Crippen LogP contribution is -1.85. The van der Waals surface area contributed by atoms with Gasteiger partial charge in [0.25, 0.3) is 0 Å². The zero-order valence-corrected chi connectivity index (χ0v) is 8.70. The van der Waals surface area contributed by atoms with Crippen molar-refractivity contribution in [3.8, 4) is 0 Å². The third-order valence-electron chi connectivity index (χ3n) is 2.19. The first kappa shape index (κ1) is 11.1. The van der Waals surface area contributed by atoms with Crippen molar-refractivity contribution in [2.45, 2.75) is 32.6 Å². The highest BCUT2D eigenvalue weighted by Gasteiger charge is 1.94. The molecule has 0 aliphatic carbocycles. The third-order valence-corrected chi connectivity index (χ3v) is 2.19. The second-order valence-electron chi connectivity index (χ2n) is 3.50. The van der Waals surface area contributed by atoms with Crippen molar-refractivity contribution in [3.63, 3.8) is 0 Å². The molecule has 2 heteroatoms. The van der Waals surface area contributed by atoms with E-state index in [-0.39, 0.29) is 6.61 Å². The van der Waals surface area contributed by atoms with Crippen LogP contribution in [-0.2, 0) is 6.42 Å². The maximum absolute atomic E-state index is 8.65. The smallest absolute Gasteiger partial charge is 0.104 e. The van der Waals surface area contributed by atoms with E-state index in [1.807, 2.05) is 12.1 Å². The minimum absolute atomic E-state index is 0.281. The molecule has 0 spiro atoms. The number of hydrogen-bond acceptors (Lipinski definition) is 2. The van der Waals surface area contributed by atoms with Gasteiger partial charge in [-0.05, 0) is 38.3 Å². The van der Waals surface area contributed by atoms with Gasteiger partial charge in [0.05, 0.1) is 6.26 Å². The quantitative estimate of drug-likeness (QED) is 0.706. The van der Waals surface area contributed by atoms with Crippen molar-refractivity contribution < 1.29 is 9.52 Å². The molecule has 0 unspecified atom stereocenters. The Morgan fingerprint density at radius 3 is 3.07 bits per heavy atom. The second kappa shape index (κ2) is 6.44. The number of aliphatic hydroxyl groups is 1. The molecule has 1 N–H and O–H groups in total. The lowest BCUT2D eigenvalue weighted by Gasteiger charge is -1.98. The molecule has 0 radical (unpaired) electrons. The largest absolute Gasteiger partial charge is 0.469 e. The summed E-state index contributed by atoms with van der Waals surface area (Å²) in [7, 11) is 0. The third kappa shape index (κ3) is 4.28. The summed E-state index contributed by atoms with van der Waals surface area (Å²) in [6, 6.07) is 3.91. The monoisotopic (exact) mass is 194 g/mol. The first-order chi connectivity index (χ1) is 6.83. The maximum atomic E-state index is 8.65. The molecule has 0 aliphatic rings. The zero-order chi connectivity index (χ0) is 10.2. The summed E-state index contributed by atoms with van der Waals surface area (Å²) in [4.78, 5) is 0. The summed E-state index contributed by atoms with van der Waals surface area (Å²) >= 11 is 0. The Kier molecular flexibility index (Phi) is 5.08. The summed E-state index contributed by atoms with van der Waals surface area (Å²) in [5.41, 5.74) is 1.35. The first-order valence-corrected chi connectivity index (χ1v) is 5.12. The van der Waals surface area contributed by atoms with Crippen molar-refractivity contribution in [2.24, 2.45) is 0 Å². The minimum Gasteiger partial charge on any atom is -0.469 e. The molecule has 0 amide bonds. The molecule has 0 saturated heterocycles. The minimum atomic E-state index is 0.281. The predicted octanol–water partition coefficient (Wildman–Crippen LogP) is 2.93. The van der Waals surface area contributed by atoms with Gasteiger partial charge in [-0.15, -0.1) is 0 Å². The van der Waals surface area contributed by atoms with E-state index in [9.17, 15) is 0 Å². The molecule has 14 heavy (non-hydrogen) atoms. The maximum Gasteiger partial charge on any atom is 0.104 e. The second-order valence-corrected chi connectivity index (χ2v) is 3.50. The van der Waals surface area contributed by atoms with Crippen molar-refractivity contribution in [1.29, 1.82) is 0 Å². The predicted molar refractivity (Wildman–Crippen MR) is 57.1 cm³/mol. The Hall–Kier alpha value is -1.02. The number of hydrogen-bond donors (Lipinski definition) is 1.